The van der Waals surface area contributed by atoms with E-state index in [1.54, 1.807) is 0 Å². The average molecular weight is 477 g/mol. The van der Waals surface area contributed by atoms with Crippen molar-refractivity contribution < 1.29 is 25.2 Å². The van der Waals surface area contributed by atoms with Crippen LogP contribution in [0.2, 0.25) is 0 Å². The summed E-state index contributed by atoms with van der Waals surface area (Å²) in [7, 11) is 0. The van der Waals surface area contributed by atoms with Crippen LogP contribution in [0.3, 0.4) is 0 Å². The third-order valence-corrected chi connectivity index (χ3v) is 8.75. The Bertz CT molecular complexity index is 748. The van der Waals surface area contributed by atoms with Crippen LogP contribution in [0.25, 0.3) is 0 Å². The molecule has 34 heavy (non-hydrogen) atoms. The van der Waals surface area contributed by atoms with E-state index in [2.05, 4.69) is 25.7 Å². The van der Waals surface area contributed by atoms with Crippen molar-refractivity contribution in [2.24, 2.45) is 17.3 Å². The first-order chi connectivity index (χ1) is 16.1. The summed E-state index contributed by atoms with van der Waals surface area (Å²) in [5, 5.41) is 40.2. The Morgan fingerprint density at radius 3 is 2.62 bits per heavy atom. The molecule has 3 saturated carbocycles. The number of hydrogen-bond donors (Lipinski definition) is 4. The minimum absolute atomic E-state index is 0.0281. The van der Waals surface area contributed by atoms with Crippen LogP contribution >= 0.6 is 0 Å². The van der Waals surface area contributed by atoms with Crippen molar-refractivity contribution in [2.75, 3.05) is 13.2 Å². The molecule has 0 radical (unpaired) electrons. The lowest BCUT2D eigenvalue weighted by molar-refractivity contribution is -0.0968. The molecular weight excluding hydrogens is 428 g/mol. The van der Waals surface area contributed by atoms with E-state index in [0.29, 0.717) is 36.4 Å². The van der Waals surface area contributed by atoms with Crippen molar-refractivity contribution in [1.82, 2.24) is 0 Å². The van der Waals surface area contributed by atoms with Crippen molar-refractivity contribution in [1.29, 1.82) is 0 Å². The van der Waals surface area contributed by atoms with Crippen LogP contribution in [-0.4, -0.2) is 57.6 Å². The van der Waals surface area contributed by atoms with E-state index in [1.807, 2.05) is 13.8 Å². The number of allylic oxidation sites excluding steroid dienone is 3. The lowest BCUT2D eigenvalue weighted by atomic mass is 9.62. The van der Waals surface area contributed by atoms with E-state index in [-0.39, 0.29) is 6.61 Å². The van der Waals surface area contributed by atoms with Gasteiger partial charge in [0.05, 0.1) is 11.7 Å². The van der Waals surface area contributed by atoms with Crippen LogP contribution in [0, 0.1) is 17.3 Å². The summed E-state index contributed by atoms with van der Waals surface area (Å²) >= 11 is 0. The zero-order chi connectivity index (χ0) is 24.9. The molecule has 3 fully saturated rings. The van der Waals surface area contributed by atoms with E-state index < -0.39 is 23.9 Å². The highest BCUT2D eigenvalue weighted by Crippen LogP contribution is 2.58. The molecule has 0 aromatic heterocycles. The summed E-state index contributed by atoms with van der Waals surface area (Å²) in [6.07, 6.45) is 13.4. The standard InChI is InChI=1S/C29H48O5/c1-20-22(19-25(31)27(26(20)32)34-18-8-17-30)12-11-21-9-7-16-29(4)23(13-14-24(21)29)10-5-6-15-28(2,3)33/h11-12,23-27,30-33H,1,5-10,13-19H2,2-4H3/b21-11+,22-12-/t23?,24-,25+,26+,27+,29+/m0/s1. The smallest absolute Gasteiger partial charge is 0.114 e. The molecule has 0 saturated heterocycles. The molecule has 0 aromatic carbocycles. The summed E-state index contributed by atoms with van der Waals surface area (Å²) in [5.41, 5.74) is 2.84. The van der Waals surface area contributed by atoms with Crippen LogP contribution in [0.5, 0.6) is 0 Å². The van der Waals surface area contributed by atoms with Gasteiger partial charge in [0.2, 0.25) is 0 Å². The van der Waals surface area contributed by atoms with Gasteiger partial charge in [-0.3, -0.25) is 0 Å². The fraction of sp³-hybridized carbons (Fsp3) is 0.793. The Morgan fingerprint density at radius 1 is 1.15 bits per heavy atom. The minimum atomic E-state index is -0.927. The second kappa shape index (κ2) is 11.8. The quantitative estimate of drug-likeness (QED) is 0.339. The van der Waals surface area contributed by atoms with E-state index in [9.17, 15) is 15.3 Å². The van der Waals surface area contributed by atoms with Crippen molar-refractivity contribution in [2.45, 2.75) is 115 Å². The van der Waals surface area contributed by atoms with Gasteiger partial charge in [-0.25, -0.2) is 0 Å². The van der Waals surface area contributed by atoms with Gasteiger partial charge in [0.1, 0.15) is 12.2 Å². The number of rotatable bonds is 10. The molecule has 3 rings (SSSR count). The Labute approximate surface area is 206 Å². The van der Waals surface area contributed by atoms with Gasteiger partial charge < -0.3 is 25.2 Å². The third-order valence-electron chi connectivity index (χ3n) is 8.75. The predicted octanol–water partition coefficient (Wildman–Crippen LogP) is 4.84. The van der Waals surface area contributed by atoms with E-state index in [4.69, 9.17) is 9.84 Å². The molecule has 0 aromatic rings. The number of hydrogen-bond acceptors (Lipinski definition) is 5. The Hall–Kier alpha value is -0.980. The van der Waals surface area contributed by atoms with Crippen LogP contribution < -0.4 is 0 Å². The molecule has 5 nitrogen and oxygen atoms in total. The molecule has 0 bridgehead atoms. The molecular formula is C29H48O5. The lowest BCUT2D eigenvalue weighted by Crippen LogP contribution is -2.45. The van der Waals surface area contributed by atoms with E-state index >= 15 is 0 Å². The van der Waals surface area contributed by atoms with Crippen LogP contribution in [0.1, 0.15) is 91.4 Å². The van der Waals surface area contributed by atoms with E-state index in [0.717, 1.165) is 30.8 Å². The average Bonchev–Trinajstić information content (AvgIpc) is 3.11. The van der Waals surface area contributed by atoms with Gasteiger partial charge in [0, 0.05) is 19.6 Å². The second-order valence-electron chi connectivity index (χ2n) is 11.8. The highest BCUT2D eigenvalue weighted by molar-refractivity contribution is 5.40. The number of aliphatic hydroxyl groups is 4. The highest BCUT2D eigenvalue weighted by Gasteiger charge is 2.48. The number of fused-ring (bicyclic) bond motifs is 1. The molecule has 0 aliphatic heterocycles. The Kier molecular flexibility index (Phi) is 9.61. The van der Waals surface area contributed by atoms with Gasteiger partial charge in [0.25, 0.3) is 0 Å². The summed E-state index contributed by atoms with van der Waals surface area (Å²) in [6.45, 7) is 10.7. The fourth-order valence-corrected chi connectivity index (χ4v) is 6.71. The van der Waals surface area contributed by atoms with Crippen molar-refractivity contribution in [3.8, 4) is 0 Å². The second-order valence-corrected chi connectivity index (χ2v) is 11.8. The normalized spacial score (nSPS) is 36.9. The SMILES string of the molecule is C=C1/C(=C\C=C2/CCC[C@]3(C)C(CCCCC(C)(C)O)CC[C@@H]23)C[C@@H](O)[C@@H](OCCCO)[C@@H]1O. The summed E-state index contributed by atoms with van der Waals surface area (Å²) in [4.78, 5) is 0. The Morgan fingerprint density at radius 2 is 1.91 bits per heavy atom. The molecule has 5 heteroatoms. The first-order valence-corrected chi connectivity index (χ1v) is 13.5. The maximum atomic E-state index is 10.7. The summed E-state index contributed by atoms with van der Waals surface area (Å²) < 4.78 is 5.62. The fourth-order valence-electron chi connectivity index (χ4n) is 6.71. The molecule has 0 spiro atoms. The zero-order valence-electron chi connectivity index (χ0n) is 21.6. The predicted molar refractivity (Wildman–Crippen MR) is 136 cm³/mol. The molecule has 194 valence electrons. The van der Waals surface area contributed by atoms with Crippen molar-refractivity contribution in [3.05, 3.63) is 35.5 Å². The molecule has 0 heterocycles. The molecule has 0 amide bonds. The van der Waals surface area contributed by atoms with Crippen LogP contribution in [-0.2, 0) is 4.74 Å². The number of aliphatic hydroxyl groups excluding tert-OH is 3. The monoisotopic (exact) mass is 476 g/mol. The van der Waals surface area contributed by atoms with Gasteiger partial charge in [-0.15, -0.1) is 0 Å². The Balaban J connectivity index is 1.63. The van der Waals surface area contributed by atoms with Gasteiger partial charge >= 0.3 is 0 Å². The van der Waals surface area contributed by atoms with Crippen molar-refractivity contribution >= 4 is 0 Å². The first-order valence-electron chi connectivity index (χ1n) is 13.5. The third kappa shape index (κ3) is 6.61. The van der Waals surface area contributed by atoms with Gasteiger partial charge in [-0.1, -0.05) is 44.1 Å². The number of unbranched alkanes of at least 4 members (excludes halogenated alkanes) is 1. The summed E-state index contributed by atoms with van der Waals surface area (Å²) in [5.74, 6) is 1.36. The zero-order valence-corrected chi connectivity index (χ0v) is 21.6. The highest BCUT2D eigenvalue weighted by atomic mass is 16.5. The van der Waals surface area contributed by atoms with Gasteiger partial charge in [0.15, 0.2) is 0 Å². The summed E-state index contributed by atoms with van der Waals surface area (Å²) in [6, 6.07) is 0. The molecule has 3 aliphatic rings. The van der Waals surface area contributed by atoms with Gasteiger partial charge in [-0.05, 0) is 93.6 Å². The molecule has 3 aliphatic carbocycles. The van der Waals surface area contributed by atoms with Crippen molar-refractivity contribution in [3.63, 3.8) is 0 Å². The number of ether oxygens (including phenoxy) is 1. The van der Waals surface area contributed by atoms with Gasteiger partial charge in [-0.2, -0.15) is 0 Å². The minimum Gasteiger partial charge on any atom is -0.396 e. The van der Waals surface area contributed by atoms with Crippen LogP contribution in [0.15, 0.2) is 35.5 Å². The molecule has 4 N–H and O–H groups in total. The molecule has 1 unspecified atom stereocenters. The van der Waals surface area contributed by atoms with E-state index in [1.165, 1.54) is 44.1 Å². The largest absolute Gasteiger partial charge is 0.396 e. The topological polar surface area (TPSA) is 90.2 Å². The lowest BCUT2D eigenvalue weighted by Gasteiger charge is -2.42. The first kappa shape index (κ1) is 27.6. The van der Waals surface area contributed by atoms with Crippen LogP contribution in [0.4, 0.5) is 0 Å². The maximum absolute atomic E-state index is 10.7. The maximum Gasteiger partial charge on any atom is 0.114 e. The molecule has 6 atom stereocenters.